The lowest BCUT2D eigenvalue weighted by Crippen LogP contribution is -2.29. The van der Waals surface area contributed by atoms with Crippen molar-refractivity contribution in [2.75, 3.05) is 20.3 Å². The molecule has 3 N–H and O–H groups in total. The SMILES string of the molecule is COC(=O)NCC[C@@H](O)C[C@@H](O)CC(=O)OCC(C)C. The van der Waals surface area contributed by atoms with Crippen molar-refractivity contribution in [3.63, 3.8) is 0 Å². The van der Waals surface area contributed by atoms with Crippen molar-refractivity contribution < 1.29 is 29.3 Å². The Morgan fingerprint density at radius 3 is 2.40 bits per heavy atom. The van der Waals surface area contributed by atoms with Crippen LogP contribution in [-0.4, -0.2) is 54.7 Å². The van der Waals surface area contributed by atoms with E-state index in [0.717, 1.165) is 0 Å². The van der Waals surface area contributed by atoms with Crippen LogP contribution in [0.5, 0.6) is 0 Å². The van der Waals surface area contributed by atoms with Crippen LogP contribution in [0.4, 0.5) is 4.79 Å². The molecule has 0 radical (unpaired) electrons. The third-order valence-corrected chi connectivity index (χ3v) is 2.46. The smallest absolute Gasteiger partial charge is 0.406 e. The highest BCUT2D eigenvalue weighted by Gasteiger charge is 2.17. The van der Waals surface area contributed by atoms with Crippen molar-refractivity contribution in [3.8, 4) is 0 Å². The molecule has 0 unspecified atom stereocenters. The van der Waals surface area contributed by atoms with Crippen LogP contribution in [0.1, 0.15) is 33.1 Å². The summed E-state index contributed by atoms with van der Waals surface area (Å²) in [6.07, 6.45) is -2.15. The number of nitrogens with one attached hydrogen (secondary N) is 1. The molecule has 20 heavy (non-hydrogen) atoms. The number of esters is 1. The predicted molar refractivity (Wildman–Crippen MR) is 72.1 cm³/mol. The maximum absolute atomic E-state index is 11.3. The topological polar surface area (TPSA) is 105 Å². The lowest BCUT2D eigenvalue weighted by atomic mass is 10.1. The van der Waals surface area contributed by atoms with Crippen LogP contribution in [-0.2, 0) is 14.3 Å². The molecule has 0 aliphatic heterocycles. The van der Waals surface area contributed by atoms with Crippen LogP contribution >= 0.6 is 0 Å². The first-order chi connectivity index (χ1) is 9.35. The Bertz CT molecular complexity index is 295. The maximum atomic E-state index is 11.3. The number of methoxy groups -OCH3 is 1. The molecule has 0 saturated heterocycles. The summed E-state index contributed by atoms with van der Waals surface area (Å²) in [5.74, 6) is -0.239. The molecule has 0 heterocycles. The van der Waals surface area contributed by atoms with Crippen LogP contribution < -0.4 is 5.32 Å². The second kappa shape index (κ2) is 10.4. The zero-order chi connectivity index (χ0) is 15.5. The predicted octanol–water partition coefficient (Wildman–Crippen LogP) is 0.434. The number of carbonyl (C=O) groups is 2. The number of aliphatic hydroxyl groups is 2. The van der Waals surface area contributed by atoms with Gasteiger partial charge in [-0.2, -0.15) is 0 Å². The van der Waals surface area contributed by atoms with Gasteiger partial charge in [0.1, 0.15) is 0 Å². The Kier molecular flexibility index (Phi) is 9.75. The highest BCUT2D eigenvalue weighted by molar-refractivity contribution is 5.69. The Morgan fingerprint density at radius 1 is 1.20 bits per heavy atom. The summed E-state index contributed by atoms with van der Waals surface area (Å²) in [7, 11) is 1.25. The minimum absolute atomic E-state index is 0.0552. The van der Waals surface area contributed by atoms with E-state index in [9.17, 15) is 19.8 Å². The standard InChI is InChI=1S/C13H25NO6/c1-9(2)8-20-12(17)7-11(16)6-10(15)4-5-14-13(18)19-3/h9-11,15-16H,4-8H2,1-3H3,(H,14,18)/t10-,11-/m1/s1. The molecule has 0 saturated carbocycles. The Hall–Kier alpha value is -1.34. The van der Waals surface area contributed by atoms with Gasteiger partial charge in [0.2, 0.25) is 0 Å². The number of ether oxygens (including phenoxy) is 2. The monoisotopic (exact) mass is 291 g/mol. The average Bonchev–Trinajstić information content (AvgIpc) is 2.35. The van der Waals surface area contributed by atoms with E-state index < -0.39 is 24.3 Å². The van der Waals surface area contributed by atoms with E-state index in [1.165, 1.54) is 7.11 Å². The summed E-state index contributed by atoms with van der Waals surface area (Å²) in [6, 6.07) is 0. The van der Waals surface area contributed by atoms with E-state index in [1.54, 1.807) is 0 Å². The molecule has 118 valence electrons. The van der Waals surface area contributed by atoms with Crippen LogP contribution in [0.25, 0.3) is 0 Å². The summed E-state index contributed by atoms with van der Waals surface area (Å²) < 4.78 is 9.30. The van der Waals surface area contributed by atoms with Crippen molar-refractivity contribution in [1.82, 2.24) is 5.32 Å². The van der Waals surface area contributed by atoms with Gasteiger partial charge in [0, 0.05) is 6.54 Å². The lowest BCUT2D eigenvalue weighted by molar-refractivity contribution is -0.147. The Morgan fingerprint density at radius 2 is 1.85 bits per heavy atom. The van der Waals surface area contributed by atoms with Crippen molar-refractivity contribution in [3.05, 3.63) is 0 Å². The molecule has 0 spiro atoms. The minimum Gasteiger partial charge on any atom is -0.465 e. The fourth-order valence-corrected chi connectivity index (χ4v) is 1.44. The van der Waals surface area contributed by atoms with Crippen molar-refractivity contribution in [2.45, 2.75) is 45.3 Å². The van der Waals surface area contributed by atoms with Crippen LogP contribution in [0.15, 0.2) is 0 Å². The minimum atomic E-state index is -0.956. The van der Waals surface area contributed by atoms with Gasteiger partial charge in [0.25, 0.3) is 0 Å². The van der Waals surface area contributed by atoms with Crippen molar-refractivity contribution in [1.29, 1.82) is 0 Å². The van der Waals surface area contributed by atoms with Crippen LogP contribution in [0.3, 0.4) is 0 Å². The zero-order valence-corrected chi connectivity index (χ0v) is 12.3. The first-order valence-corrected chi connectivity index (χ1v) is 6.68. The number of alkyl carbamates (subject to hydrolysis) is 1. The molecule has 2 atom stereocenters. The highest BCUT2D eigenvalue weighted by atomic mass is 16.5. The molecule has 1 amide bonds. The molecule has 0 bridgehead atoms. The van der Waals surface area contributed by atoms with Gasteiger partial charge in [-0.25, -0.2) is 4.79 Å². The number of hydrogen-bond acceptors (Lipinski definition) is 6. The lowest BCUT2D eigenvalue weighted by Gasteiger charge is -2.15. The second-order valence-electron chi connectivity index (χ2n) is 5.03. The fourth-order valence-electron chi connectivity index (χ4n) is 1.44. The number of rotatable bonds is 9. The molecule has 7 nitrogen and oxygen atoms in total. The Labute approximate surface area is 119 Å². The van der Waals surface area contributed by atoms with Gasteiger partial charge in [-0.3, -0.25) is 4.79 Å². The summed E-state index contributed by atoms with van der Waals surface area (Å²) in [5.41, 5.74) is 0. The van der Waals surface area contributed by atoms with E-state index in [4.69, 9.17) is 4.74 Å². The van der Waals surface area contributed by atoms with Crippen LogP contribution in [0.2, 0.25) is 0 Å². The average molecular weight is 291 g/mol. The molecule has 0 rings (SSSR count). The summed E-state index contributed by atoms with van der Waals surface area (Å²) in [5, 5.41) is 21.7. The molecule has 0 aromatic carbocycles. The van der Waals surface area contributed by atoms with E-state index in [1.807, 2.05) is 13.8 Å². The van der Waals surface area contributed by atoms with Gasteiger partial charge in [0.05, 0.1) is 32.3 Å². The molecule has 0 aromatic heterocycles. The van der Waals surface area contributed by atoms with Gasteiger partial charge < -0.3 is 25.0 Å². The summed E-state index contributed by atoms with van der Waals surface area (Å²) in [4.78, 5) is 22.1. The normalized spacial score (nSPS) is 13.7. The molecule has 0 aliphatic carbocycles. The van der Waals surface area contributed by atoms with Gasteiger partial charge in [0.15, 0.2) is 0 Å². The summed E-state index contributed by atoms with van der Waals surface area (Å²) in [6.45, 7) is 4.39. The van der Waals surface area contributed by atoms with E-state index in [2.05, 4.69) is 10.1 Å². The molecule has 0 aliphatic rings. The van der Waals surface area contributed by atoms with Gasteiger partial charge in [-0.15, -0.1) is 0 Å². The van der Waals surface area contributed by atoms with E-state index in [0.29, 0.717) is 6.61 Å². The number of carbonyl (C=O) groups excluding carboxylic acids is 2. The quantitative estimate of drug-likeness (QED) is 0.532. The summed E-state index contributed by atoms with van der Waals surface area (Å²) >= 11 is 0. The highest BCUT2D eigenvalue weighted by Crippen LogP contribution is 2.07. The third kappa shape index (κ3) is 10.6. The number of amides is 1. The third-order valence-electron chi connectivity index (χ3n) is 2.46. The molecule has 0 fully saturated rings. The molecular weight excluding hydrogens is 266 g/mol. The van der Waals surface area contributed by atoms with Crippen molar-refractivity contribution in [2.24, 2.45) is 5.92 Å². The van der Waals surface area contributed by atoms with Gasteiger partial charge in [-0.1, -0.05) is 13.8 Å². The second-order valence-corrected chi connectivity index (χ2v) is 5.03. The van der Waals surface area contributed by atoms with Crippen LogP contribution in [0, 0.1) is 5.92 Å². The van der Waals surface area contributed by atoms with E-state index >= 15 is 0 Å². The fraction of sp³-hybridized carbons (Fsp3) is 0.846. The van der Waals surface area contributed by atoms with Gasteiger partial charge >= 0.3 is 12.1 Å². The number of aliphatic hydroxyl groups excluding tert-OH is 2. The van der Waals surface area contributed by atoms with E-state index in [-0.39, 0.29) is 31.7 Å². The van der Waals surface area contributed by atoms with Crippen molar-refractivity contribution >= 4 is 12.1 Å². The first kappa shape index (κ1) is 18.7. The number of hydrogen-bond donors (Lipinski definition) is 3. The molecule has 7 heteroatoms. The Balaban J connectivity index is 3.75. The first-order valence-electron chi connectivity index (χ1n) is 6.68. The maximum Gasteiger partial charge on any atom is 0.406 e. The zero-order valence-electron chi connectivity index (χ0n) is 12.3. The molecular formula is C13H25NO6. The van der Waals surface area contributed by atoms with Gasteiger partial charge in [-0.05, 0) is 18.8 Å². The largest absolute Gasteiger partial charge is 0.465 e. The molecule has 0 aromatic rings.